The van der Waals surface area contributed by atoms with E-state index in [-0.39, 0.29) is 17.8 Å². The Hall–Kier alpha value is -2.49. The summed E-state index contributed by atoms with van der Waals surface area (Å²) in [4.78, 5) is 2.13. The van der Waals surface area contributed by atoms with Crippen molar-refractivity contribution in [2.24, 2.45) is 0 Å². The predicted molar refractivity (Wildman–Crippen MR) is 91.0 cm³/mol. The summed E-state index contributed by atoms with van der Waals surface area (Å²) in [5.74, 6) is -1.67. The summed E-state index contributed by atoms with van der Waals surface area (Å²) in [6.07, 6.45) is 0.162. The molecule has 0 bridgehead atoms. The highest BCUT2D eigenvalue weighted by Gasteiger charge is 2.19. The van der Waals surface area contributed by atoms with Gasteiger partial charge in [0.25, 0.3) is 0 Å². The molecule has 1 unspecified atom stereocenters. The maximum atomic E-state index is 13.8. The molecule has 0 radical (unpaired) electrons. The number of nitrogens with one attached hydrogen (secondary N) is 1. The Kier molecular flexibility index (Phi) is 5.27. The predicted octanol–water partition coefficient (Wildman–Crippen LogP) is 2.67. The minimum absolute atomic E-state index is 0.0257. The Morgan fingerprint density at radius 1 is 1.20 bits per heavy atom. The molecule has 1 aliphatic rings. The first-order chi connectivity index (χ1) is 12.1. The zero-order chi connectivity index (χ0) is 17.8. The lowest BCUT2D eigenvalue weighted by Gasteiger charge is -2.30. The van der Waals surface area contributed by atoms with E-state index < -0.39 is 17.7 Å². The molecule has 130 valence electrons. The van der Waals surface area contributed by atoms with Crippen molar-refractivity contribution in [2.45, 2.75) is 19.1 Å². The van der Waals surface area contributed by atoms with Gasteiger partial charge in [-0.3, -0.25) is 4.90 Å². The van der Waals surface area contributed by atoms with Crippen LogP contribution in [0.1, 0.15) is 16.7 Å². The van der Waals surface area contributed by atoms with Crippen molar-refractivity contribution in [1.82, 2.24) is 4.90 Å². The molecule has 2 aromatic rings. The maximum Gasteiger partial charge on any atom is 0.150 e. The summed E-state index contributed by atoms with van der Waals surface area (Å²) in [7, 11) is 0. The molecule has 0 saturated heterocycles. The number of β-amino-alcohol motifs (C(OH)–C–C–N with tert-alkyl or cyclic N) is 1. The van der Waals surface area contributed by atoms with E-state index in [0.717, 1.165) is 31.6 Å². The fourth-order valence-electron chi connectivity index (χ4n) is 3.10. The monoisotopic (exact) mass is 343 g/mol. The van der Waals surface area contributed by atoms with Gasteiger partial charge in [-0.25, -0.2) is 8.78 Å². The number of benzene rings is 2. The number of hydrogen-bond donors (Lipinski definition) is 2. The highest BCUT2D eigenvalue weighted by atomic mass is 19.1. The van der Waals surface area contributed by atoms with Crippen molar-refractivity contribution in [3.63, 3.8) is 0 Å². The molecule has 25 heavy (non-hydrogen) atoms. The zero-order valence-electron chi connectivity index (χ0n) is 13.7. The minimum atomic E-state index is -0.837. The van der Waals surface area contributed by atoms with E-state index in [1.165, 1.54) is 11.1 Å². The molecule has 0 saturated carbocycles. The summed E-state index contributed by atoms with van der Waals surface area (Å²) in [6.45, 7) is 2.04. The molecule has 3 rings (SSSR count). The second-order valence-corrected chi connectivity index (χ2v) is 6.22. The van der Waals surface area contributed by atoms with Crippen molar-refractivity contribution in [3.8, 4) is 6.07 Å². The van der Waals surface area contributed by atoms with Crippen molar-refractivity contribution >= 4 is 5.69 Å². The minimum Gasteiger partial charge on any atom is -0.390 e. The first kappa shape index (κ1) is 17.3. The number of aliphatic hydroxyl groups excluding tert-OH is 1. The van der Waals surface area contributed by atoms with E-state index >= 15 is 0 Å². The van der Waals surface area contributed by atoms with Crippen LogP contribution in [0.15, 0.2) is 36.4 Å². The third kappa shape index (κ3) is 4.13. The van der Waals surface area contributed by atoms with Gasteiger partial charge in [0, 0.05) is 26.2 Å². The molecule has 1 atom stereocenters. The summed E-state index contributed by atoms with van der Waals surface area (Å²) >= 11 is 0. The Morgan fingerprint density at radius 3 is 2.56 bits per heavy atom. The van der Waals surface area contributed by atoms with Crippen LogP contribution in [-0.4, -0.2) is 35.7 Å². The molecule has 0 spiro atoms. The largest absolute Gasteiger partial charge is 0.390 e. The number of nitriles is 1. The number of aliphatic hydroxyl groups is 1. The summed E-state index contributed by atoms with van der Waals surface area (Å²) in [5, 5.41) is 21.5. The van der Waals surface area contributed by atoms with Crippen LogP contribution >= 0.6 is 0 Å². The van der Waals surface area contributed by atoms with Gasteiger partial charge in [-0.05, 0) is 29.7 Å². The van der Waals surface area contributed by atoms with Crippen molar-refractivity contribution in [2.75, 3.05) is 25.0 Å². The van der Waals surface area contributed by atoms with Crippen LogP contribution in [0.3, 0.4) is 0 Å². The van der Waals surface area contributed by atoms with Gasteiger partial charge in [0.2, 0.25) is 0 Å². The fraction of sp³-hybridized carbons (Fsp3) is 0.316. The highest BCUT2D eigenvalue weighted by Crippen LogP contribution is 2.21. The lowest BCUT2D eigenvalue weighted by atomic mass is 10.00. The average Bonchev–Trinajstić information content (AvgIpc) is 2.60. The molecule has 0 aliphatic carbocycles. The number of nitrogens with zero attached hydrogens (tertiary/aromatic N) is 2. The number of fused-ring (bicyclic) bond motifs is 1. The zero-order valence-corrected chi connectivity index (χ0v) is 13.7. The van der Waals surface area contributed by atoms with Gasteiger partial charge in [0.1, 0.15) is 5.69 Å². The maximum absolute atomic E-state index is 13.8. The summed E-state index contributed by atoms with van der Waals surface area (Å²) in [6, 6.07) is 11.9. The molecule has 1 aliphatic heterocycles. The molecule has 0 amide bonds. The van der Waals surface area contributed by atoms with Crippen LogP contribution < -0.4 is 5.32 Å². The van der Waals surface area contributed by atoms with Crippen LogP contribution in [0, 0.1) is 23.0 Å². The first-order valence-corrected chi connectivity index (χ1v) is 8.17. The van der Waals surface area contributed by atoms with E-state index in [2.05, 4.69) is 22.3 Å². The van der Waals surface area contributed by atoms with Gasteiger partial charge < -0.3 is 10.4 Å². The van der Waals surface area contributed by atoms with Gasteiger partial charge >= 0.3 is 0 Å². The van der Waals surface area contributed by atoms with E-state index in [9.17, 15) is 13.9 Å². The van der Waals surface area contributed by atoms with Crippen LogP contribution in [0.4, 0.5) is 14.5 Å². The van der Waals surface area contributed by atoms with Crippen molar-refractivity contribution in [3.05, 3.63) is 64.7 Å². The van der Waals surface area contributed by atoms with Crippen LogP contribution in [0.2, 0.25) is 0 Å². The summed E-state index contributed by atoms with van der Waals surface area (Å²) < 4.78 is 27.7. The average molecular weight is 343 g/mol. The molecule has 2 aromatic carbocycles. The van der Waals surface area contributed by atoms with E-state index in [4.69, 9.17) is 5.26 Å². The third-order valence-electron chi connectivity index (χ3n) is 4.36. The molecule has 0 fully saturated rings. The quantitative estimate of drug-likeness (QED) is 0.876. The molecule has 1 heterocycles. The van der Waals surface area contributed by atoms with Gasteiger partial charge in [0.15, 0.2) is 11.6 Å². The van der Waals surface area contributed by atoms with Gasteiger partial charge in [-0.1, -0.05) is 24.3 Å². The Morgan fingerprint density at radius 2 is 1.88 bits per heavy atom. The molecule has 6 heteroatoms. The van der Waals surface area contributed by atoms with Crippen LogP contribution in [0.25, 0.3) is 0 Å². The lowest BCUT2D eigenvalue weighted by molar-refractivity contribution is 0.114. The van der Waals surface area contributed by atoms with E-state index in [1.54, 1.807) is 6.07 Å². The molecular weight excluding hydrogens is 324 g/mol. The van der Waals surface area contributed by atoms with Gasteiger partial charge in [-0.2, -0.15) is 5.26 Å². The van der Waals surface area contributed by atoms with Gasteiger partial charge in [0.05, 0.1) is 17.7 Å². The van der Waals surface area contributed by atoms with Crippen molar-refractivity contribution < 1.29 is 13.9 Å². The number of halogens is 2. The Balaban J connectivity index is 1.56. The smallest absolute Gasteiger partial charge is 0.150 e. The lowest BCUT2D eigenvalue weighted by Crippen LogP contribution is -2.39. The molecule has 4 nitrogen and oxygen atoms in total. The van der Waals surface area contributed by atoms with E-state index in [0.29, 0.717) is 6.54 Å². The SMILES string of the molecule is N#Cc1cc(F)c(NCC(O)CN2CCc3ccccc3C2)c(F)c1. The highest BCUT2D eigenvalue weighted by molar-refractivity contribution is 5.50. The normalized spacial score (nSPS) is 15.3. The first-order valence-electron chi connectivity index (χ1n) is 8.17. The summed E-state index contributed by atoms with van der Waals surface area (Å²) in [5.41, 5.74) is 2.18. The van der Waals surface area contributed by atoms with Gasteiger partial charge in [-0.15, -0.1) is 0 Å². The molecule has 0 aromatic heterocycles. The number of rotatable bonds is 5. The van der Waals surface area contributed by atoms with Crippen LogP contribution in [-0.2, 0) is 13.0 Å². The second-order valence-electron chi connectivity index (χ2n) is 6.22. The third-order valence-corrected chi connectivity index (χ3v) is 4.36. The number of anilines is 1. The Bertz CT molecular complexity index is 780. The second kappa shape index (κ2) is 7.60. The Labute approximate surface area is 145 Å². The van der Waals surface area contributed by atoms with Crippen LogP contribution in [0.5, 0.6) is 0 Å². The number of hydrogen-bond acceptors (Lipinski definition) is 4. The molecule has 2 N–H and O–H groups in total. The van der Waals surface area contributed by atoms with E-state index in [1.807, 2.05) is 12.1 Å². The topological polar surface area (TPSA) is 59.3 Å². The van der Waals surface area contributed by atoms with Crippen molar-refractivity contribution in [1.29, 1.82) is 5.26 Å². The molecular formula is C19H19F2N3O. The fourth-order valence-corrected chi connectivity index (χ4v) is 3.10. The standard InChI is InChI=1S/C19H19F2N3O/c20-17-7-13(9-22)8-18(21)19(17)23-10-16(25)12-24-6-5-14-3-1-2-4-15(14)11-24/h1-4,7-8,16,23,25H,5-6,10-12H2.